The Kier molecular flexibility index (Phi) is 2.59. The number of rotatable bonds is 3. The lowest BCUT2D eigenvalue weighted by Crippen LogP contribution is -2.55. The first kappa shape index (κ1) is 10.3. The maximum absolute atomic E-state index is 5.67. The van der Waals surface area contributed by atoms with Gasteiger partial charge in [0.1, 0.15) is 0 Å². The standard InChI is InChI=1S/C13H20N2/c1-3-13(4-2)9-15(10-13)12-7-5-11(14)6-8-12/h5-8H,3-4,9-10,14H2,1-2H3. The molecule has 0 atom stereocenters. The van der Waals surface area contributed by atoms with Gasteiger partial charge in [0.15, 0.2) is 0 Å². The van der Waals surface area contributed by atoms with Crippen LogP contribution in [0.3, 0.4) is 0 Å². The number of nitrogen functional groups attached to an aromatic ring is 1. The number of anilines is 2. The number of hydrogen-bond donors (Lipinski definition) is 1. The third-order valence-electron chi connectivity index (χ3n) is 3.81. The summed E-state index contributed by atoms with van der Waals surface area (Å²) in [5.41, 5.74) is 8.40. The number of nitrogens with two attached hydrogens (primary N) is 1. The van der Waals surface area contributed by atoms with Crippen molar-refractivity contribution >= 4 is 11.4 Å². The van der Waals surface area contributed by atoms with Gasteiger partial charge in [-0.25, -0.2) is 0 Å². The molecule has 1 aromatic carbocycles. The largest absolute Gasteiger partial charge is 0.399 e. The van der Waals surface area contributed by atoms with E-state index in [1.165, 1.54) is 31.6 Å². The minimum atomic E-state index is 0.571. The minimum Gasteiger partial charge on any atom is -0.399 e. The summed E-state index contributed by atoms with van der Waals surface area (Å²) in [6.45, 7) is 6.99. The number of benzene rings is 1. The molecule has 0 aromatic heterocycles. The van der Waals surface area contributed by atoms with E-state index < -0.39 is 0 Å². The highest BCUT2D eigenvalue weighted by atomic mass is 15.2. The third-order valence-corrected chi connectivity index (χ3v) is 3.81. The van der Waals surface area contributed by atoms with Crippen molar-refractivity contribution < 1.29 is 0 Å². The van der Waals surface area contributed by atoms with Crippen molar-refractivity contribution in [1.29, 1.82) is 0 Å². The van der Waals surface area contributed by atoms with Crippen LogP contribution >= 0.6 is 0 Å². The molecule has 15 heavy (non-hydrogen) atoms. The molecule has 0 radical (unpaired) electrons. The normalized spacial score (nSPS) is 18.7. The smallest absolute Gasteiger partial charge is 0.0368 e. The molecule has 0 bridgehead atoms. The Morgan fingerprint density at radius 3 is 2.13 bits per heavy atom. The van der Waals surface area contributed by atoms with Crippen LogP contribution in [0.1, 0.15) is 26.7 Å². The van der Waals surface area contributed by atoms with Gasteiger partial charge in [-0.15, -0.1) is 0 Å². The fourth-order valence-corrected chi connectivity index (χ4v) is 2.33. The van der Waals surface area contributed by atoms with Crippen LogP contribution < -0.4 is 10.6 Å². The molecule has 0 spiro atoms. The molecule has 2 N–H and O–H groups in total. The predicted molar refractivity (Wildman–Crippen MR) is 66.1 cm³/mol. The SMILES string of the molecule is CCC1(CC)CN(c2ccc(N)cc2)C1. The summed E-state index contributed by atoms with van der Waals surface area (Å²) in [5, 5.41) is 0. The van der Waals surface area contributed by atoms with E-state index in [4.69, 9.17) is 5.73 Å². The summed E-state index contributed by atoms with van der Waals surface area (Å²) in [5.74, 6) is 0. The van der Waals surface area contributed by atoms with Gasteiger partial charge in [0.25, 0.3) is 0 Å². The first-order valence-corrected chi connectivity index (χ1v) is 5.79. The molecule has 1 saturated heterocycles. The van der Waals surface area contributed by atoms with E-state index in [1.54, 1.807) is 0 Å². The summed E-state index contributed by atoms with van der Waals surface area (Å²) in [6.07, 6.45) is 2.57. The van der Waals surface area contributed by atoms with E-state index in [2.05, 4.69) is 30.9 Å². The monoisotopic (exact) mass is 204 g/mol. The highest BCUT2D eigenvalue weighted by Crippen LogP contribution is 2.39. The summed E-state index contributed by atoms with van der Waals surface area (Å²) in [7, 11) is 0. The average molecular weight is 204 g/mol. The van der Waals surface area contributed by atoms with Crippen molar-refractivity contribution in [2.45, 2.75) is 26.7 Å². The fourth-order valence-electron chi connectivity index (χ4n) is 2.33. The van der Waals surface area contributed by atoms with Gasteiger partial charge in [0.2, 0.25) is 0 Å². The molecule has 1 aromatic rings. The lowest BCUT2D eigenvalue weighted by atomic mass is 9.75. The van der Waals surface area contributed by atoms with Crippen molar-refractivity contribution in [2.75, 3.05) is 23.7 Å². The van der Waals surface area contributed by atoms with E-state index in [-0.39, 0.29) is 0 Å². The Morgan fingerprint density at radius 1 is 1.13 bits per heavy atom. The van der Waals surface area contributed by atoms with Gasteiger partial charge < -0.3 is 10.6 Å². The predicted octanol–water partition coefficient (Wildman–Crippen LogP) is 2.90. The number of nitrogens with zero attached hydrogens (tertiary/aromatic N) is 1. The van der Waals surface area contributed by atoms with Gasteiger partial charge in [-0.2, -0.15) is 0 Å². The molecule has 1 aliphatic rings. The van der Waals surface area contributed by atoms with Crippen molar-refractivity contribution in [3.05, 3.63) is 24.3 Å². The van der Waals surface area contributed by atoms with Gasteiger partial charge in [0, 0.05) is 29.9 Å². The van der Waals surface area contributed by atoms with Gasteiger partial charge in [0.05, 0.1) is 0 Å². The zero-order chi connectivity index (χ0) is 10.9. The van der Waals surface area contributed by atoms with Gasteiger partial charge in [-0.05, 0) is 37.1 Å². The van der Waals surface area contributed by atoms with Gasteiger partial charge >= 0.3 is 0 Å². The maximum atomic E-state index is 5.67. The van der Waals surface area contributed by atoms with Crippen LogP contribution in [0.5, 0.6) is 0 Å². The summed E-state index contributed by atoms with van der Waals surface area (Å²) in [6, 6.07) is 8.19. The Labute approximate surface area is 92.1 Å². The Morgan fingerprint density at radius 2 is 1.67 bits per heavy atom. The van der Waals surface area contributed by atoms with Crippen molar-refractivity contribution in [3.63, 3.8) is 0 Å². The first-order valence-electron chi connectivity index (χ1n) is 5.79. The second-order valence-electron chi connectivity index (χ2n) is 4.65. The topological polar surface area (TPSA) is 29.3 Å². The number of hydrogen-bond acceptors (Lipinski definition) is 2. The minimum absolute atomic E-state index is 0.571. The molecular weight excluding hydrogens is 184 g/mol. The Balaban J connectivity index is 2.02. The summed E-state index contributed by atoms with van der Waals surface area (Å²) >= 11 is 0. The highest BCUT2D eigenvalue weighted by Gasteiger charge is 2.39. The van der Waals surface area contributed by atoms with Crippen LogP contribution in [0.15, 0.2) is 24.3 Å². The fraction of sp³-hybridized carbons (Fsp3) is 0.538. The lowest BCUT2D eigenvalue weighted by Gasteiger charge is -2.51. The van der Waals surface area contributed by atoms with Crippen LogP contribution in [-0.2, 0) is 0 Å². The van der Waals surface area contributed by atoms with E-state index in [1.807, 2.05) is 12.1 Å². The van der Waals surface area contributed by atoms with Gasteiger partial charge in [-0.1, -0.05) is 13.8 Å². The molecule has 2 rings (SSSR count). The van der Waals surface area contributed by atoms with Crippen LogP contribution in [0.25, 0.3) is 0 Å². The molecule has 82 valence electrons. The molecule has 0 unspecified atom stereocenters. The van der Waals surface area contributed by atoms with E-state index in [0.717, 1.165) is 5.69 Å². The molecule has 1 aliphatic heterocycles. The van der Waals surface area contributed by atoms with Crippen molar-refractivity contribution in [3.8, 4) is 0 Å². The van der Waals surface area contributed by atoms with Crippen LogP contribution in [0, 0.1) is 5.41 Å². The quantitative estimate of drug-likeness (QED) is 0.767. The Bertz CT molecular complexity index is 317. The first-order chi connectivity index (χ1) is 7.19. The second kappa shape index (κ2) is 3.76. The average Bonchev–Trinajstić information content (AvgIpc) is 2.20. The lowest BCUT2D eigenvalue weighted by molar-refractivity contribution is 0.194. The Hall–Kier alpha value is -1.18. The molecule has 1 heterocycles. The van der Waals surface area contributed by atoms with E-state index >= 15 is 0 Å². The van der Waals surface area contributed by atoms with Crippen LogP contribution in [0.2, 0.25) is 0 Å². The zero-order valence-electron chi connectivity index (χ0n) is 9.66. The highest BCUT2D eigenvalue weighted by molar-refractivity contribution is 5.55. The summed E-state index contributed by atoms with van der Waals surface area (Å²) in [4.78, 5) is 2.44. The maximum Gasteiger partial charge on any atom is 0.0368 e. The van der Waals surface area contributed by atoms with Crippen molar-refractivity contribution in [1.82, 2.24) is 0 Å². The van der Waals surface area contributed by atoms with Gasteiger partial charge in [-0.3, -0.25) is 0 Å². The second-order valence-corrected chi connectivity index (χ2v) is 4.65. The summed E-state index contributed by atoms with van der Waals surface area (Å²) < 4.78 is 0. The third kappa shape index (κ3) is 1.81. The molecule has 0 saturated carbocycles. The molecule has 2 heteroatoms. The zero-order valence-corrected chi connectivity index (χ0v) is 9.66. The molecule has 0 aliphatic carbocycles. The van der Waals surface area contributed by atoms with Crippen LogP contribution in [-0.4, -0.2) is 13.1 Å². The van der Waals surface area contributed by atoms with Crippen LogP contribution in [0.4, 0.5) is 11.4 Å². The van der Waals surface area contributed by atoms with Crippen molar-refractivity contribution in [2.24, 2.45) is 5.41 Å². The molecule has 2 nitrogen and oxygen atoms in total. The van der Waals surface area contributed by atoms with E-state index in [0.29, 0.717) is 5.41 Å². The molecule has 0 amide bonds. The molecular formula is C13H20N2. The molecule has 1 fully saturated rings. The van der Waals surface area contributed by atoms with E-state index in [9.17, 15) is 0 Å².